The molecule has 1 unspecified atom stereocenters. The summed E-state index contributed by atoms with van der Waals surface area (Å²) in [4.78, 5) is 36.4. The molecule has 0 radical (unpaired) electrons. The number of fused-ring (bicyclic) bond motifs is 1. The lowest BCUT2D eigenvalue weighted by atomic mass is 9.85. The number of nitrogens with two attached hydrogens (primary N) is 1. The molecule has 10 nitrogen and oxygen atoms in total. The zero-order valence-electron chi connectivity index (χ0n) is 21.7. The van der Waals surface area contributed by atoms with Gasteiger partial charge in [-0.2, -0.15) is 0 Å². The Bertz CT molecular complexity index is 1270. The average Bonchev–Trinajstić information content (AvgIpc) is 3.30. The van der Waals surface area contributed by atoms with Crippen molar-refractivity contribution in [1.29, 1.82) is 0 Å². The maximum Gasteiger partial charge on any atom is 0.246 e. The van der Waals surface area contributed by atoms with Crippen LogP contribution in [0.1, 0.15) is 27.2 Å². The first-order valence-corrected chi connectivity index (χ1v) is 12.1. The number of carbonyl (C=O) groups excluding carboxylic acids is 2. The van der Waals surface area contributed by atoms with Gasteiger partial charge in [0.2, 0.25) is 23.6 Å². The van der Waals surface area contributed by atoms with Gasteiger partial charge in [-0.3, -0.25) is 9.59 Å². The Kier molecular flexibility index (Phi) is 7.37. The number of pyridine rings is 2. The van der Waals surface area contributed by atoms with Gasteiger partial charge in [-0.15, -0.1) is 0 Å². The number of rotatable bonds is 8. The Morgan fingerprint density at radius 2 is 1.89 bits per heavy atom. The molecule has 3 aromatic rings. The second-order valence-electron chi connectivity index (χ2n) is 10.1. The van der Waals surface area contributed by atoms with Crippen molar-refractivity contribution >= 4 is 28.3 Å². The van der Waals surface area contributed by atoms with Crippen LogP contribution in [0.5, 0.6) is 17.5 Å². The summed E-state index contributed by atoms with van der Waals surface area (Å²) < 4.78 is 16.7. The molecule has 1 fully saturated rings. The lowest BCUT2D eigenvalue weighted by molar-refractivity contribution is -0.139. The maximum atomic E-state index is 13.8. The molecule has 3 N–H and O–H groups in total. The van der Waals surface area contributed by atoms with Gasteiger partial charge in [0, 0.05) is 24.1 Å². The van der Waals surface area contributed by atoms with Crippen molar-refractivity contribution in [3.63, 3.8) is 0 Å². The number of hydrogen-bond donors (Lipinski definition) is 2. The van der Waals surface area contributed by atoms with Crippen molar-refractivity contribution in [2.45, 2.75) is 45.4 Å². The van der Waals surface area contributed by atoms with Gasteiger partial charge in [-0.25, -0.2) is 9.97 Å². The van der Waals surface area contributed by atoms with E-state index < -0.39 is 29.5 Å². The van der Waals surface area contributed by atoms with Crippen LogP contribution in [-0.4, -0.2) is 65.6 Å². The van der Waals surface area contributed by atoms with E-state index in [0.29, 0.717) is 17.4 Å². The molecule has 0 saturated carbocycles. The van der Waals surface area contributed by atoms with Crippen LogP contribution in [0, 0.1) is 5.41 Å². The van der Waals surface area contributed by atoms with Gasteiger partial charge in [0.1, 0.15) is 23.9 Å². The van der Waals surface area contributed by atoms with E-state index in [9.17, 15) is 9.59 Å². The highest BCUT2D eigenvalue weighted by molar-refractivity contribution is 5.92. The van der Waals surface area contributed by atoms with E-state index in [1.54, 1.807) is 31.6 Å². The van der Waals surface area contributed by atoms with Crippen LogP contribution in [0.25, 0.3) is 10.8 Å². The summed E-state index contributed by atoms with van der Waals surface area (Å²) in [5.74, 6) is 0.807. The number of nitrogens with one attached hydrogen (secondary N) is 1. The number of hydrogen-bond acceptors (Lipinski definition) is 8. The van der Waals surface area contributed by atoms with Crippen LogP contribution in [0.3, 0.4) is 0 Å². The highest BCUT2D eigenvalue weighted by Gasteiger charge is 2.44. The van der Waals surface area contributed by atoms with Gasteiger partial charge in [-0.1, -0.05) is 20.8 Å². The summed E-state index contributed by atoms with van der Waals surface area (Å²) in [7, 11) is 3.15. The van der Waals surface area contributed by atoms with E-state index >= 15 is 0 Å². The predicted octanol–water partition coefficient (Wildman–Crippen LogP) is 3.01. The van der Waals surface area contributed by atoms with E-state index in [0.717, 1.165) is 16.5 Å². The number of likely N-dealkylation sites (tertiary alicyclic amines) is 1. The molecule has 10 heteroatoms. The number of methoxy groups -OCH3 is 2. The summed E-state index contributed by atoms with van der Waals surface area (Å²) >= 11 is 0. The normalized spacial score (nSPS) is 18.4. The zero-order valence-corrected chi connectivity index (χ0v) is 21.7. The largest absolute Gasteiger partial charge is 0.497 e. The fourth-order valence-corrected chi connectivity index (χ4v) is 4.47. The smallest absolute Gasteiger partial charge is 0.246 e. The highest BCUT2D eigenvalue weighted by Crippen LogP contribution is 2.32. The molecule has 196 valence electrons. The Morgan fingerprint density at radius 1 is 1.11 bits per heavy atom. The van der Waals surface area contributed by atoms with E-state index in [1.165, 1.54) is 12.0 Å². The number of nitrogens with zero attached hydrogens (tertiary/aromatic N) is 3. The average molecular weight is 508 g/mol. The SMILES string of the molecule is COc1ccc2c(O[C@@H]3C[C@@H](C(N)=O)N(C(=O)C(Nc4ccc(OC)nc4)C(C)(C)C)C3)nccc2c1. The molecule has 1 aliphatic heterocycles. The number of carbonyl (C=O) groups is 2. The lowest BCUT2D eigenvalue weighted by Crippen LogP contribution is -2.53. The third kappa shape index (κ3) is 5.68. The number of benzene rings is 1. The molecule has 0 aliphatic carbocycles. The zero-order chi connectivity index (χ0) is 26.7. The third-order valence-corrected chi connectivity index (χ3v) is 6.46. The molecule has 3 atom stereocenters. The minimum Gasteiger partial charge on any atom is -0.497 e. The summed E-state index contributed by atoms with van der Waals surface area (Å²) in [5, 5.41) is 5.00. The molecule has 1 aromatic carbocycles. The van der Waals surface area contributed by atoms with Crippen molar-refractivity contribution in [3.8, 4) is 17.5 Å². The van der Waals surface area contributed by atoms with Gasteiger partial charge in [0.15, 0.2) is 0 Å². The van der Waals surface area contributed by atoms with Crippen molar-refractivity contribution in [3.05, 3.63) is 48.8 Å². The first kappa shape index (κ1) is 26.0. The van der Waals surface area contributed by atoms with E-state index in [4.69, 9.17) is 19.9 Å². The molecule has 1 aliphatic rings. The number of ether oxygens (including phenoxy) is 3. The van der Waals surface area contributed by atoms with Crippen LogP contribution in [0.4, 0.5) is 5.69 Å². The van der Waals surface area contributed by atoms with Gasteiger partial charge >= 0.3 is 0 Å². The van der Waals surface area contributed by atoms with Crippen molar-refractivity contribution < 1.29 is 23.8 Å². The van der Waals surface area contributed by atoms with Crippen LogP contribution < -0.4 is 25.3 Å². The molecule has 4 rings (SSSR count). The molecule has 1 saturated heterocycles. The van der Waals surface area contributed by atoms with E-state index in [-0.39, 0.29) is 18.9 Å². The number of anilines is 1. The summed E-state index contributed by atoms with van der Waals surface area (Å²) in [5.41, 5.74) is 5.92. The standard InChI is InChI=1S/C27H33N5O5/c1-27(2,3)23(31-17-6-9-22(36-5)30-14-17)26(34)32-15-19(13-21(32)24(28)33)37-25-20-8-7-18(35-4)12-16(20)10-11-29-25/h6-12,14,19,21,23,31H,13,15H2,1-5H3,(H2,28,33)/t19-,21+,23?/m1/s1. The monoisotopic (exact) mass is 507 g/mol. The van der Waals surface area contributed by atoms with Crippen molar-refractivity contribution in [2.75, 3.05) is 26.1 Å². The van der Waals surface area contributed by atoms with Gasteiger partial charge in [0.05, 0.1) is 32.6 Å². The van der Waals surface area contributed by atoms with Crippen LogP contribution >= 0.6 is 0 Å². The summed E-state index contributed by atoms with van der Waals surface area (Å²) in [6.45, 7) is 6.07. The fraction of sp³-hybridized carbons (Fsp3) is 0.407. The number of amides is 2. The lowest BCUT2D eigenvalue weighted by Gasteiger charge is -2.35. The van der Waals surface area contributed by atoms with Gasteiger partial charge in [0.25, 0.3) is 0 Å². The van der Waals surface area contributed by atoms with Crippen molar-refractivity contribution in [2.24, 2.45) is 11.1 Å². The quantitative estimate of drug-likeness (QED) is 0.476. The Hall–Kier alpha value is -4.08. The highest BCUT2D eigenvalue weighted by atomic mass is 16.5. The minimum atomic E-state index is -0.798. The minimum absolute atomic E-state index is 0.204. The predicted molar refractivity (Wildman–Crippen MR) is 140 cm³/mol. The second kappa shape index (κ2) is 10.5. The van der Waals surface area contributed by atoms with Crippen LogP contribution in [0.2, 0.25) is 0 Å². The summed E-state index contributed by atoms with van der Waals surface area (Å²) in [6.07, 6.45) is 3.08. The topological polar surface area (TPSA) is 129 Å². The number of primary amides is 1. The molecule has 2 aromatic heterocycles. The Morgan fingerprint density at radius 3 is 2.51 bits per heavy atom. The van der Waals surface area contributed by atoms with Crippen molar-refractivity contribution in [1.82, 2.24) is 14.9 Å². The first-order chi connectivity index (χ1) is 17.6. The van der Waals surface area contributed by atoms with Gasteiger partial charge in [-0.05, 0) is 41.1 Å². The van der Waals surface area contributed by atoms with Crippen LogP contribution in [0.15, 0.2) is 48.8 Å². The van der Waals surface area contributed by atoms with E-state index in [2.05, 4.69) is 15.3 Å². The van der Waals surface area contributed by atoms with Crippen LogP contribution in [-0.2, 0) is 9.59 Å². The molecule has 0 spiro atoms. The first-order valence-electron chi connectivity index (χ1n) is 12.1. The molecule has 2 amide bonds. The third-order valence-electron chi connectivity index (χ3n) is 6.46. The Balaban J connectivity index is 1.56. The second-order valence-corrected chi connectivity index (χ2v) is 10.1. The maximum absolute atomic E-state index is 13.8. The molecule has 3 heterocycles. The molecular weight excluding hydrogens is 474 g/mol. The summed E-state index contributed by atoms with van der Waals surface area (Å²) in [6, 6.07) is 9.54. The van der Waals surface area contributed by atoms with E-state index in [1.807, 2.05) is 45.0 Å². The van der Waals surface area contributed by atoms with Gasteiger partial charge < -0.3 is 30.2 Å². The number of aromatic nitrogens is 2. The Labute approximate surface area is 216 Å². The molecule has 37 heavy (non-hydrogen) atoms. The molecule has 0 bridgehead atoms. The fourth-order valence-electron chi connectivity index (χ4n) is 4.47. The molecular formula is C27H33N5O5.